The summed E-state index contributed by atoms with van der Waals surface area (Å²) in [6.45, 7) is 2.35. The normalized spacial score (nSPS) is 15.5. The first-order valence-electron chi connectivity index (χ1n) is 9.05. The minimum Gasteiger partial charge on any atom is -0.495 e. The standard InChI is InChI=1S/C20H18Cl2N4O3/c1-27-14-8-15(28-2)19(22)17(18(14)21)11-3-4-12-13(7-11)23-24-20(12)26-9-16-25(10-26)5-6-29-16/h3-4,7-9H,5-6,10H2,1-2H3,(H,23,24). The number of rotatable bonds is 4. The molecule has 0 amide bonds. The zero-order valence-corrected chi connectivity index (χ0v) is 17.3. The highest BCUT2D eigenvalue weighted by Gasteiger charge is 2.29. The molecule has 0 bridgehead atoms. The van der Waals surface area contributed by atoms with Crippen molar-refractivity contribution in [1.29, 1.82) is 0 Å². The number of benzene rings is 2. The van der Waals surface area contributed by atoms with Gasteiger partial charge in [-0.25, -0.2) is 0 Å². The zero-order chi connectivity index (χ0) is 20.1. The van der Waals surface area contributed by atoms with Crippen LogP contribution in [-0.2, 0) is 4.74 Å². The molecule has 2 aliphatic rings. The Hall–Kier alpha value is -2.77. The maximum atomic E-state index is 6.57. The third-order valence-electron chi connectivity index (χ3n) is 5.19. The number of nitrogens with zero attached hydrogens (tertiary/aromatic N) is 3. The second-order valence-corrected chi connectivity index (χ2v) is 7.54. The number of anilines is 1. The molecule has 0 radical (unpaired) electrons. The fourth-order valence-corrected chi connectivity index (χ4v) is 4.44. The van der Waals surface area contributed by atoms with Crippen LogP contribution in [0.25, 0.3) is 22.0 Å². The first-order valence-corrected chi connectivity index (χ1v) is 9.81. The second-order valence-electron chi connectivity index (χ2n) is 6.78. The number of hydrogen-bond donors (Lipinski definition) is 1. The van der Waals surface area contributed by atoms with Gasteiger partial charge in [-0.3, -0.25) is 5.10 Å². The van der Waals surface area contributed by atoms with Crippen molar-refractivity contribution in [2.75, 3.05) is 38.9 Å². The average molecular weight is 433 g/mol. The van der Waals surface area contributed by atoms with Gasteiger partial charge >= 0.3 is 0 Å². The van der Waals surface area contributed by atoms with Gasteiger partial charge in [-0.1, -0.05) is 29.3 Å². The Labute approximate surface area is 177 Å². The monoisotopic (exact) mass is 432 g/mol. The van der Waals surface area contributed by atoms with Gasteiger partial charge in [0.25, 0.3) is 0 Å². The van der Waals surface area contributed by atoms with E-state index in [0.29, 0.717) is 27.1 Å². The molecular formula is C20H18Cl2N4O3. The van der Waals surface area contributed by atoms with E-state index in [0.717, 1.165) is 48.0 Å². The summed E-state index contributed by atoms with van der Waals surface area (Å²) < 4.78 is 16.4. The van der Waals surface area contributed by atoms with Crippen LogP contribution >= 0.6 is 23.2 Å². The number of hydrogen-bond acceptors (Lipinski definition) is 6. The number of methoxy groups -OCH3 is 2. The smallest absolute Gasteiger partial charge is 0.207 e. The molecule has 5 rings (SSSR count). The van der Waals surface area contributed by atoms with Crippen molar-refractivity contribution in [3.8, 4) is 22.6 Å². The average Bonchev–Trinajstić information content (AvgIpc) is 3.42. The zero-order valence-electron chi connectivity index (χ0n) is 15.8. The van der Waals surface area contributed by atoms with E-state index in [4.69, 9.17) is 37.4 Å². The van der Waals surface area contributed by atoms with Crippen molar-refractivity contribution in [2.24, 2.45) is 0 Å². The van der Waals surface area contributed by atoms with Crippen LogP contribution < -0.4 is 14.4 Å². The third kappa shape index (κ3) is 2.84. The lowest BCUT2D eigenvalue weighted by molar-refractivity contribution is 0.246. The molecule has 0 atom stereocenters. The summed E-state index contributed by atoms with van der Waals surface area (Å²) in [6.07, 6.45) is 1.98. The molecule has 0 spiro atoms. The number of halogens is 2. The molecule has 2 aromatic carbocycles. The quantitative estimate of drug-likeness (QED) is 0.656. The SMILES string of the molecule is COc1cc(OC)c(Cl)c(-c2ccc3c(N4C=C5OCCN5C4)n[nH]c3c2)c1Cl. The van der Waals surface area contributed by atoms with Gasteiger partial charge < -0.3 is 24.0 Å². The topological polar surface area (TPSA) is 62.9 Å². The Bertz CT molecular complexity index is 1120. The maximum absolute atomic E-state index is 6.57. The van der Waals surface area contributed by atoms with Crippen molar-refractivity contribution in [1.82, 2.24) is 15.1 Å². The van der Waals surface area contributed by atoms with Gasteiger partial charge in [0.05, 0.1) is 49.2 Å². The summed E-state index contributed by atoms with van der Waals surface area (Å²) in [5.41, 5.74) is 2.36. The number of aromatic amines is 1. The Balaban J connectivity index is 1.58. The molecule has 29 heavy (non-hydrogen) atoms. The van der Waals surface area contributed by atoms with Crippen LogP contribution in [0.2, 0.25) is 10.0 Å². The van der Waals surface area contributed by atoms with Crippen LogP contribution in [0.3, 0.4) is 0 Å². The highest BCUT2D eigenvalue weighted by Crippen LogP contribution is 2.46. The van der Waals surface area contributed by atoms with Gasteiger partial charge in [-0.15, -0.1) is 0 Å². The van der Waals surface area contributed by atoms with E-state index in [1.54, 1.807) is 20.3 Å². The van der Waals surface area contributed by atoms with E-state index in [2.05, 4.69) is 20.0 Å². The van der Waals surface area contributed by atoms with Gasteiger partial charge in [0, 0.05) is 17.0 Å². The van der Waals surface area contributed by atoms with E-state index < -0.39 is 0 Å². The summed E-state index contributed by atoms with van der Waals surface area (Å²) >= 11 is 13.1. The molecule has 0 saturated carbocycles. The summed E-state index contributed by atoms with van der Waals surface area (Å²) in [7, 11) is 3.12. The lowest BCUT2D eigenvalue weighted by Crippen LogP contribution is -2.25. The molecule has 9 heteroatoms. The van der Waals surface area contributed by atoms with Gasteiger partial charge in [0.2, 0.25) is 5.88 Å². The fraction of sp³-hybridized carbons (Fsp3) is 0.250. The molecule has 0 unspecified atom stereocenters. The van der Waals surface area contributed by atoms with E-state index in [9.17, 15) is 0 Å². The van der Waals surface area contributed by atoms with Crippen LogP contribution in [0, 0.1) is 0 Å². The van der Waals surface area contributed by atoms with Gasteiger partial charge in [0.1, 0.15) is 18.1 Å². The van der Waals surface area contributed by atoms with E-state index in [1.807, 2.05) is 24.4 Å². The van der Waals surface area contributed by atoms with Crippen molar-refractivity contribution in [3.63, 3.8) is 0 Å². The van der Waals surface area contributed by atoms with Crippen LogP contribution in [0.5, 0.6) is 11.5 Å². The molecule has 1 N–H and O–H groups in total. The molecule has 3 heterocycles. The second kappa shape index (κ2) is 6.93. The number of aromatic nitrogens is 2. The third-order valence-corrected chi connectivity index (χ3v) is 5.94. The summed E-state index contributed by atoms with van der Waals surface area (Å²) in [6, 6.07) is 7.62. The van der Waals surface area contributed by atoms with Crippen LogP contribution in [0.15, 0.2) is 36.3 Å². The lowest BCUT2D eigenvalue weighted by Gasteiger charge is -2.16. The van der Waals surface area contributed by atoms with Crippen molar-refractivity contribution in [3.05, 3.63) is 46.4 Å². The molecule has 150 valence electrons. The molecule has 1 fully saturated rings. The van der Waals surface area contributed by atoms with Crippen LogP contribution in [0.1, 0.15) is 0 Å². The predicted molar refractivity (Wildman–Crippen MR) is 113 cm³/mol. The largest absolute Gasteiger partial charge is 0.495 e. The molecule has 0 aliphatic carbocycles. The summed E-state index contributed by atoms with van der Waals surface area (Å²) in [4.78, 5) is 4.25. The van der Waals surface area contributed by atoms with Crippen molar-refractivity contribution >= 4 is 39.9 Å². The van der Waals surface area contributed by atoms with Crippen molar-refractivity contribution < 1.29 is 14.2 Å². The van der Waals surface area contributed by atoms with Gasteiger partial charge in [-0.2, -0.15) is 5.10 Å². The van der Waals surface area contributed by atoms with E-state index in [-0.39, 0.29) is 0 Å². The highest BCUT2D eigenvalue weighted by atomic mass is 35.5. The van der Waals surface area contributed by atoms with Gasteiger partial charge in [-0.05, 0) is 17.7 Å². The van der Waals surface area contributed by atoms with E-state index >= 15 is 0 Å². The van der Waals surface area contributed by atoms with Crippen molar-refractivity contribution in [2.45, 2.75) is 0 Å². The number of nitrogens with one attached hydrogen (secondary N) is 1. The maximum Gasteiger partial charge on any atom is 0.207 e. The number of fused-ring (bicyclic) bond motifs is 2. The minimum absolute atomic E-state index is 0.430. The van der Waals surface area contributed by atoms with Crippen LogP contribution in [-0.4, -0.2) is 49.1 Å². The first kappa shape index (κ1) is 18.3. The number of ether oxygens (including phenoxy) is 3. The van der Waals surface area contributed by atoms with Crippen LogP contribution in [0.4, 0.5) is 5.82 Å². The minimum atomic E-state index is 0.430. The molecule has 2 aliphatic heterocycles. The number of H-pyrrole nitrogens is 1. The Morgan fingerprint density at radius 3 is 2.55 bits per heavy atom. The Morgan fingerprint density at radius 1 is 1.10 bits per heavy atom. The highest BCUT2D eigenvalue weighted by molar-refractivity contribution is 6.41. The molecule has 1 aromatic heterocycles. The molecule has 1 saturated heterocycles. The van der Waals surface area contributed by atoms with Gasteiger partial charge in [0.15, 0.2) is 5.82 Å². The first-order chi connectivity index (χ1) is 14.1. The molecule has 3 aromatic rings. The van der Waals surface area contributed by atoms with E-state index in [1.165, 1.54) is 0 Å². The fourth-order valence-electron chi connectivity index (χ4n) is 3.73. The molecule has 7 nitrogen and oxygen atoms in total. The lowest BCUT2D eigenvalue weighted by atomic mass is 10.0. The Morgan fingerprint density at radius 2 is 1.86 bits per heavy atom. The summed E-state index contributed by atoms with van der Waals surface area (Å²) in [5.74, 6) is 2.73. The Kier molecular flexibility index (Phi) is 4.37. The summed E-state index contributed by atoms with van der Waals surface area (Å²) in [5, 5.41) is 9.47. The predicted octanol–water partition coefficient (Wildman–Crippen LogP) is 4.46. The molecular weight excluding hydrogens is 415 g/mol.